The first-order valence-corrected chi connectivity index (χ1v) is 6.52. The smallest absolute Gasteiger partial charge is 0.305 e. The molecule has 0 aliphatic rings. The van der Waals surface area contributed by atoms with Crippen molar-refractivity contribution in [2.45, 2.75) is 30.7 Å². The normalized spacial score (nSPS) is 12.4. The third kappa shape index (κ3) is 4.16. The van der Waals surface area contributed by atoms with E-state index in [1.165, 1.54) is 26.0 Å². The summed E-state index contributed by atoms with van der Waals surface area (Å²) in [5, 5.41) is 8.68. The van der Waals surface area contributed by atoms with Crippen LogP contribution in [0.4, 0.5) is 0 Å². The molecular formula is C11H15NO4S. The lowest BCUT2D eigenvalue weighted by Crippen LogP contribution is -2.44. The standard InChI is InChI=1S/C11H15NO4S/c1-11(2,8-10(13)14)12-17(15,16)9-6-4-3-5-7-9/h3-7,12H,8H2,1-2H3,(H,13,14). The van der Waals surface area contributed by atoms with Gasteiger partial charge in [-0.15, -0.1) is 0 Å². The molecule has 0 bridgehead atoms. The Morgan fingerprint density at radius 2 is 1.82 bits per heavy atom. The number of benzene rings is 1. The van der Waals surface area contributed by atoms with Gasteiger partial charge < -0.3 is 5.11 Å². The Bertz CT molecular complexity index is 493. The predicted octanol–water partition coefficient (Wildman–Crippen LogP) is 1.22. The fraction of sp³-hybridized carbons (Fsp3) is 0.364. The molecule has 0 aliphatic carbocycles. The molecular weight excluding hydrogens is 242 g/mol. The Morgan fingerprint density at radius 1 is 1.29 bits per heavy atom. The highest BCUT2D eigenvalue weighted by Gasteiger charge is 2.28. The molecule has 94 valence electrons. The Hall–Kier alpha value is -1.40. The molecule has 1 rings (SSSR count). The second kappa shape index (κ2) is 4.85. The topological polar surface area (TPSA) is 83.5 Å². The van der Waals surface area contributed by atoms with E-state index in [2.05, 4.69) is 4.72 Å². The van der Waals surface area contributed by atoms with E-state index in [0.29, 0.717) is 0 Å². The molecule has 1 aromatic rings. The maximum Gasteiger partial charge on any atom is 0.305 e. The summed E-state index contributed by atoms with van der Waals surface area (Å²) in [7, 11) is -3.68. The molecule has 0 aromatic heterocycles. The summed E-state index contributed by atoms with van der Waals surface area (Å²) in [6, 6.07) is 7.84. The van der Waals surface area contributed by atoms with Gasteiger partial charge in [-0.05, 0) is 26.0 Å². The van der Waals surface area contributed by atoms with Crippen LogP contribution in [-0.2, 0) is 14.8 Å². The number of carboxylic acid groups (broad SMARTS) is 1. The van der Waals surface area contributed by atoms with E-state index >= 15 is 0 Å². The molecule has 0 saturated heterocycles. The van der Waals surface area contributed by atoms with Crippen LogP contribution >= 0.6 is 0 Å². The fourth-order valence-corrected chi connectivity index (χ4v) is 2.87. The van der Waals surface area contributed by atoms with Crippen LogP contribution in [0.1, 0.15) is 20.3 Å². The van der Waals surface area contributed by atoms with Crippen molar-refractivity contribution >= 4 is 16.0 Å². The van der Waals surface area contributed by atoms with E-state index in [-0.39, 0.29) is 11.3 Å². The summed E-state index contributed by atoms with van der Waals surface area (Å²) in [6.45, 7) is 3.06. The average molecular weight is 257 g/mol. The van der Waals surface area contributed by atoms with E-state index in [1.807, 2.05) is 0 Å². The molecule has 0 aliphatic heterocycles. The first-order chi connectivity index (χ1) is 7.73. The van der Waals surface area contributed by atoms with Gasteiger partial charge in [0.1, 0.15) is 0 Å². The summed E-state index contributed by atoms with van der Waals surface area (Å²) >= 11 is 0. The van der Waals surface area contributed by atoms with E-state index in [9.17, 15) is 13.2 Å². The second-order valence-electron chi connectivity index (χ2n) is 4.37. The number of carbonyl (C=O) groups is 1. The van der Waals surface area contributed by atoms with Crippen molar-refractivity contribution in [3.05, 3.63) is 30.3 Å². The molecule has 0 spiro atoms. The molecule has 2 N–H and O–H groups in total. The van der Waals surface area contributed by atoms with Gasteiger partial charge in [-0.2, -0.15) is 0 Å². The molecule has 0 fully saturated rings. The summed E-state index contributed by atoms with van der Waals surface area (Å²) in [6.07, 6.45) is -0.279. The van der Waals surface area contributed by atoms with Gasteiger partial charge in [0, 0.05) is 5.54 Å². The van der Waals surface area contributed by atoms with Gasteiger partial charge in [0.15, 0.2) is 0 Å². The lowest BCUT2D eigenvalue weighted by molar-refractivity contribution is -0.138. The lowest BCUT2D eigenvalue weighted by Gasteiger charge is -2.23. The highest BCUT2D eigenvalue weighted by atomic mass is 32.2. The second-order valence-corrected chi connectivity index (χ2v) is 6.06. The van der Waals surface area contributed by atoms with Crippen molar-refractivity contribution in [1.29, 1.82) is 0 Å². The van der Waals surface area contributed by atoms with Gasteiger partial charge >= 0.3 is 5.97 Å². The number of nitrogens with one attached hydrogen (secondary N) is 1. The minimum Gasteiger partial charge on any atom is -0.481 e. The number of rotatable bonds is 5. The maximum absolute atomic E-state index is 11.9. The number of carboxylic acids is 1. The average Bonchev–Trinajstić information content (AvgIpc) is 2.15. The van der Waals surface area contributed by atoms with Crippen LogP contribution in [0.25, 0.3) is 0 Å². The van der Waals surface area contributed by atoms with Gasteiger partial charge in [-0.3, -0.25) is 4.79 Å². The van der Waals surface area contributed by atoms with E-state index in [4.69, 9.17) is 5.11 Å². The molecule has 0 atom stereocenters. The highest BCUT2D eigenvalue weighted by molar-refractivity contribution is 7.89. The minimum absolute atomic E-state index is 0.124. The minimum atomic E-state index is -3.68. The van der Waals surface area contributed by atoms with Crippen LogP contribution in [0.2, 0.25) is 0 Å². The van der Waals surface area contributed by atoms with E-state index < -0.39 is 21.5 Å². The van der Waals surface area contributed by atoms with Crippen molar-refractivity contribution in [1.82, 2.24) is 4.72 Å². The van der Waals surface area contributed by atoms with Crippen molar-refractivity contribution in [3.8, 4) is 0 Å². The third-order valence-corrected chi connectivity index (χ3v) is 3.77. The largest absolute Gasteiger partial charge is 0.481 e. The van der Waals surface area contributed by atoms with Crippen molar-refractivity contribution in [3.63, 3.8) is 0 Å². The maximum atomic E-state index is 11.9. The molecule has 0 unspecified atom stereocenters. The van der Waals surface area contributed by atoms with Crippen molar-refractivity contribution in [2.75, 3.05) is 0 Å². The van der Waals surface area contributed by atoms with E-state index in [1.54, 1.807) is 18.2 Å². The molecule has 1 aromatic carbocycles. The van der Waals surface area contributed by atoms with Crippen molar-refractivity contribution in [2.24, 2.45) is 0 Å². The van der Waals surface area contributed by atoms with Gasteiger partial charge in [0.05, 0.1) is 11.3 Å². The SMILES string of the molecule is CC(C)(CC(=O)O)NS(=O)(=O)c1ccccc1. The number of sulfonamides is 1. The highest BCUT2D eigenvalue weighted by Crippen LogP contribution is 2.15. The molecule has 5 nitrogen and oxygen atoms in total. The number of hydrogen-bond acceptors (Lipinski definition) is 3. The quantitative estimate of drug-likeness (QED) is 0.830. The van der Waals surface area contributed by atoms with Crippen LogP contribution < -0.4 is 4.72 Å². The molecule has 0 radical (unpaired) electrons. The fourth-order valence-electron chi connectivity index (χ4n) is 1.44. The Labute approximate surface area is 101 Å². The van der Waals surface area contributed by atoms with Crippen LogP contribution in [0.3, 0.4) is 0 Å². The van der Waals surface area contributed by atoms with Gasteiger partial charge in [-0.1, -0.05) is 18.2 Å². The molecule has 0 heterocycles. The zero-order chi connectivity index (χ0) is 13.1. The number of hydrogen-bond donors (Lipinski definition) is 2. The van der Waals surface area contributed by atoms with Gasteiger partial charge in [0.25, 0.3) is 0 Å². The first-order valence-electron chi connectivity index (χ1n) is 5.04. The van der Waals surface area contributed by atoms with Crippen LogP contribution in [-0.4, -0.2) is 25.0 Å². The Balaban J connectivity index is 2.91. The van der Waals surface area contributed by atoms with Crippen LogP contribution in [0.5, 0.6) is 0 Å². The lowest BCUT2D eigenvalue weighted by atomic mass is 10.0. The summed E-state index contributed by atoms with van der Waals surface area (Å²) in [5.74, 6) is -1.05. The van der Waals surface area contributed by atoms with Crippen LogP contribution in [0, 0.1) is 0 Å². The monoisotopic (exact) mass is 257 g/mol. The molecule has 0 saturated carbocycles. The Kier molecular flexibility index (Phi) is 3.90. The zero-order valence-corrected chi connectivity index (χ0v) is 10.5. The number of aliphatic carboxylic acids is 1. The third-order valence-electron chi connectivity index (χ3n) is 2.06. The Morgan fingerprint density at radius 3 is 2.29 bits per heavy atom. The summed E-state index contributed by atoms with van der Waals surface area (Å²) in [5.41, 5.74) is -1.03. The summed E-state index contributed by atoms with van der Waals surface area (Å²) in [4.78, 5) is 10.7. The van der Waals surface area contributed by atoms with Crippen molar-refractivity contribution < 1.29 is 18.3 Å². The van der Waals surface area contributed by atoms with E-state index in [0.717, 1.165) is 0 Å². The molecule has 17 heavy (non-hydrogen) atoms. The molecule has 0 amide bonds. The summed E-state index contributed by atoms with van der Waals surface area (Å²) < 4.78 is 26.2. The zero-order valence-electron chi connectivity index (χ0n) is 9.67. The molecule has 6 heteroatoms. The van der Waals surface area contributed by atoms with Crippen LogP contribution in [0.15, 0.2) is 35.2 Å². The van der Waals surface area contributed by atoms with Gasteiger partial charge in [0.2, 0.25) is 10.0 Å². The first kappa shape index (κ1) is 13.7. The van der Waals surface area contributed by atoms with Gasteiger partial charge in [-0.25, -0.2) is 13.1 Å². The predicted molar refractivity (Wildman–Crippen MR) is 63.1 cm³/mol.